The molecule has 5 nitrogen and oxygen atoms in total. The van der Waals surface area contributed by atoms with Crippen LogP contribution in [0.15, 0.2) is 22.7 Å². The van der Waals surface area contributed by atoms with E-state index >= 15 is 0 Å². The molecule has 1 aromatic rings. The largest absolute Gasteiger partial charge is 0.398 e. The minimum Gasteiger partial charge on any atom is -0.398 e. The zero-order chi connectivity index (χ0) is 15.5. The Hall–Kier alpha value is -1.27. The van der Waals surface area contributed by atoms with Crippen molar-refractivity contribution in [3.05, 3.63) is 28.2 Å². The van der Waals surface area contributed by atoms with Crippen molar-refractivity contribution in [2.24, 2.45) is 0 Å². The van der Waals surface area contributed by atoms with Crippen LogP contribution in [0, 0.1) is 0 Å². The van der Waals surface area contributed by atoms with E-state index in [1.165, 1.54) is 4.90 Å². The van der Waals surface area contributed by atoms with Gasteiger partial charge in [0.15, 0.2) is 0 Å². The molecule has 1 rings (SSSR count). The lowest BCUT2D eigenvalue weighted by molar-refractivity contribution is -0.122. The van der Waals surface area contributed by atoms with Crippen molar-refractivity contribution in [2.45, 2.75) is 26.3 Å². The van der Waals surface area contributed by atoms with Crippen molar-refractivity contribution in [1.82, 2.24) is 10.2 Å². The fraction of sp³-hybridized carbons (Fsp3) is 0.429. The van der Waals surface area contributed by atoms with E-state index in [0.717, 1.165) is 4.47 Å². The number of amides is 2. The second-order valence-corrected chi connectivity index (χ2v) is 6.61. The van der Waals surface area contributed by atoms with Gasteiger partial charge in [0.05, 0.1) is 12.1 Å². The van der Waals surface area contributed by atoms with Crippen molar-refractivity contribution in [2.75, 3.05) is 19.3 Å². The molecular weight excluding hydrogens is 358 g/mol. The predicted molar refractivity (Wildman–Crippen MR) is 90.7 cm³/mol. The van der Waals surface area contributed by atoms with Gasteiger partial charge in [-0.1, -0.05) is 15.9 Å². The Morgan fingerprint density at radius 1 is 1.33 bits per heavy atom. The zero-order valence-corrected chi connectivity index (χ0v) is 15.0. The summed E-state index contributed by atoms with van der Waals surface area (Å²) in [4.78, 5) is 25.4. The monoisotopic (exact) mass is 377 g/mol. The molecule has 0 radical (unpaired) electrons. The number of benzene rings is 1. The van der Waals surface area contributed by atoms with E-state index in [1.54, 1.807) is 25.2 Å². The molecule has 7 heteroatoms. The third kappa shape index (κ3) is 6.35. The predicted octanol–water partition coefficient (Wildman–Crippen LogP) is 2.44. The summed E-state index contributed by atoms with van der Waals surface area (Å²) in [5, 5.41) is 2.81. The Morgan fingerprint density at radius 3 is 2.38 bits per heavy atom. The van der Waals surface area contributed by atoms with Crippen LogP contribution in [-0.4, -0.2) is 35.8 Å². The molecule has 3 N–H and O–H groups in total. The summed E-state index contributed by atoms with van der Waals surface area (Å²) in [7, 11) is 1.58. The van der Waals surface area contributed by atoms with Gasteiger partial charge in [0.1, 0.15) is 0 Å². The molecule has 21 heavy (non-hydrogen) atoms. The van der Waals surface area contributed by atoms with Crippen LogP contribution in [0.5, 0.6) is 0 Å². The second-order valence-electron chi connectivity index (χ2n) is 5.69. The lowest BCUT2D eigenvalue weighted by Crippen LogP contribution is -2.46. The Labute approximate surface area is 139 Å². The summed E-state index contributed by atoms with van der Waals surface area (Å²) in [5.74, 6) is -0.483. The van der Waals surface area contributed by atoms with E-state index in [-0.39, 0.29) is 36.3 Å². The van der Waals surface area contributed by atoms with Gasteiger partial charge in [-0.3, -0.25) is 9.59 Å². The summed E-state index contributed by atoms with van der Waals surface area (Å²) in [6.07, 6.45) is 0. The van der Waals surface area contributed by atoms with Crippen LogP contribution in [0.4, 0.5) is 5.69 Å². The Morgan fingerprint density at radius 2 is 1.90 bits per heavy atom. The first-order valence-electron chi connectivity index (χ1n) is 6.21. The maximum absolute atomic E-state index is 12.2. The highest BCUT2D eigenvalue weighted by Crippen LogP contribution is 2.19. The lowest BCUT2D eigenvalue weighted by Gasteiger charge is -2.23. The van der Waals surface area contributed by atoms with Crippen LogP contribution in [0.1, 0.15) is 31.1 Å². The fourth-order valence-corrected chi connectivity index (χ4v) is 2.06. The Kier molecular flexibility index (Phi) is 7.19. The molecule has 0 aromatic heterocycles. The number of nitrogens with two attached hydrogens (primary N) is 1. The Bertz CT molecular complexity index is 529. The maximum atomic E-state index is 12.2. The van der Waals surface area contributed by atoms with Crippen LogP contribution in [-0.2, 0) is 4.79 Å². The van der Waals surface area contributed by atoms with Crippen LogP contribution < -0.4 is 11.1 Å². The summed E-state index contributed by atoms with van der Waals surface area (Å²) in [6, 6.07) is 5.04. The molecule has 118 valence electrons. The summed E-state index contributed by atoms with van der Waals surface area (Å²) in [6.45, 7) is 5.66. The molecule has 0 aliphatic carbocycles. The first-order chi connectivity index (χ1) is 9.10. The summed E-state index contributed by atoms with van der Waals surface area (Å²) >= 11 is 3.29. The number of likely N-dealkylation sites (N-methyl/N-ethyl adjacent to an activating group) is 1. The first-order valence-corrected chi connectivity index (χ1v) is 7.01. The number of carbonyl (C=O) groups excluding carboxylic acids is 2. The van der Waals surface area contributed by atoms with E-state index < -0.39 is 0 Å². The highest BCUT2D eigenvalue weighted by Gasteiger charge is 2.20. The molecule has 0 bridgehead atoms. The number of nitrogens with zero attached hydrogens (tertiary/aromatic N) is 1. The van der Waals surface area contributed by atoms with Crippen molar-refractivity contribution >= 4 is 45.8 Å². The minimum atomic E-state index is -0.322. The molecule has 1 aromatic carbocycles. The molecule has 0 saturated heterocycles. The van der Waals surface area contributed by atoms with E-state index in [0.29, 0.717) is 11.3 Å². The summed E-state index contributed by atoms with van der Waals surface area (Å²) in [5.41, 5.74) is 6.26. The van der Waals surface area contributed by atoms with Gasteiger partial charge in [0, 0.05) is 22.7 Å². The van der Waals surface area contributed by atoms with Crippen molar-refractivity contribution in [1.29, 1.82) is 0 Å². The molecule has 0 unspecified atom stereocenters. The smallest absolute Gasteiger partial charge is 0.256 e. The average Bonchev–Trinajstić information content (AvgIpc) is 2.25. The van der Waals surface area contributed by atoms with E-state index in [1.807, 2.05) is 20.8 Å². The van der Waals surface area contributed by atoms with Gasteiger partial charge in [-0.15, -0.1) is 12.4 Å². The van der Waals surface area contributed by atoms with Gasteiger partial charge in [0.25, 0.3) is 5.91 Å². The maximum Gasteiger partial charge on any atom is 0.256 e. The van der Waals surface area contributed by atoms with Gasteiger partial charge in [-0.25, -0.2) is 0 Å². The minimum absolute atomic E-state index is 0. The normalized spacial score (nSPS) is 10.5. The molecule has 0 aliphatic heterocycles. The highest BCUT2D eigenvalue weighted by atomic mass is 79.9. The fourth-order valence-electron chi connectivity index (χ4n) is 1.68. The zero-order valence-electron chi connectivity index (χ0n) is 12.6. The van der Waals surface area contributed by atoms with Gasteiger partial charge >= 0.3 is 0 Å². The van der Waals surface area contributed by atoms with E-state index in [2.05, 4.69) is 21.2 Å². The molecule has 2 amide bonds. The third-order valence-corrected chi connectivity index (χ3v) is 2.98. The number of halogens is 2. The van der Waals surface area contributed by atoms with Gasteiger partial charge in [0.2, 0.25) is 5.91 Å². The molecule has 0 atom stereocenters. The van der Waals surface area contributed by atoms with Crippen molar-refractivity contribution in [3.8, 4) is 0 Å². The van der Waals surface area contributed by atoms with Crippen LogP contribution in [0.2, 0.25) is 0 Å². The molecule has 0 spiro atoms. The second kappa shape index (κ2) is 7.66. The standard InChI is InChI=1S/C14H20BrN3O2.ClH/c1-14(2,3)17-12(19)8-18(4)13(20)10-6-5-9(15)7-11(10)16;/h5-7H,8,16H2,1-4H3,(H,17,19);1H. The molecular formula is C14H21BrClN3O2. The van der Waals surface area contributed by atoms with Gasteiger partial charge in [-0.05, 0) is 39.0 Å². The van der Waals surface area contributed by atoms with Gasteiger partial charge in [-0.2, -0.15) is 0 Å². The van der Waals surface area contributed by atoms with Crippen molar-refractivity contribution < 1.29 is 9.59 Å². The summed E-state index contributed by atoms with van der Waals surface area (Å²) < 4.78 is 0.805. The number of nitrogens with one attached hydrogen (secondary N) is 1. The quantitative estimate of drug-likeness (QED) is 0.793. The SMILES string of the molecule is CN(CC(=O)NC(C)(C)C)C(=O)c1ccc(Br)cc1N.Cl. The third-order valence-electron chi connectivity index (χ3n) is 2.49. The van der Waals surface area contributed by atoms with E-state index in [9.17, 15) is 9.59 Å². The number of nitrogen functional groups attached to an aromatic ring is 1. The lowest BCUT2D eigenvalue weighted by atomic mass is 10.1. The number of carbonyl (C=O) groups is 2. The molecule has 0 heterocycles. The highest BCUT2D eigenvalue weighted by molar-refractivity contribution is 9.10. The van der Waals surface area contributed by atoms with Crippen molar-refractivity contribution in [3.63, 3.8) is 0 Å². The number of hydrogen-bond acceptors (Lipinski definition) is 3. The number of hydrogen-bond donors (Lipinski definition) is 2. The van der Waals surface area contributed by atoms with Crippen LogP contribution in [0.3, 0.4) is 0 Å². The molecule has 0 fully saturated rings. The average molecular weight is 379 g/mol. The van der Waals surface area contributed by atoms with Gasteiger partial charge < -0.3 is 16.0 Å². The molecule has 0 saturated carbocycles. The number of rotatable bonds is 3. The topological polar surface area (TPSA) is 75.4 Å². The van der Waals surface area contributed by atoms with Crippen LogP contribution >= 0.6 is 28.3 Å². The molecule has 0 aliphatic rings. The number of anilines is 1. The van der Waals surface area contributed by atoms with Crippen LogP contribution in [0.25, 0.3) is 0 Å². The first kappa shape index (κ1) is 19.7. The Balaban J connectivity index is 0.00000400. The van der Waals surface area contributed by atoms with E-state index in [4.69, 9.17) is 5.73 Å².